The molecule has 0 spiro atoms. The van der Waals surface area contributed by atoms with Gasteiger partial charge in [0.15, 0.2) is 5.82 Å². The van der Waals surface area contributed by atoms with Crippen LogP contribution in [-0.2, 0) is 10.0 Å². The zero-order chi connectivity index (χ0) is 15.9. The minimum atomic E-state index is -3.90. The van der Waals surface area contributed by atoms with Gasteiger partial charge in [0.25, 0.3) is 15.6 Å². The van der Waals surface area contributed by atoms with Gasteiger partial charge in [-0.2, -0.15) is 5.10 Å². The predicted molar refractivity (Wildman–Crippen MR) is 79.3 cm³/mol. The highest BCUT2D eigenvalue weighted by Crippen LogP contribution is 2.18. The number of H-pyrrole nitrogens is 3. The number of nitrogens with zero attached hydrogens (tertiary/aromatic N) is 1. The molecule has 9 nitrogen and oxygen atoms in total. The largest absolute Gasteiger partial charge is 0.327 e. The van der Waals surface area contributed by atoms with Crippen LogP contribution in [0.2, 0.25) is 0 Å². The average Bonchev–Trinajstić information content (AvgIpc) is 2.81. The van der Waals surface area contributed by atoms with Crippen molar-refractivity contribution in [2.45, 2.75) is 11.8 Å². The summed E-state index contributed by atoms with van der Waals surface area (Å²) in [6.45, 7) is 1.83. The second kappa shape index (κ2) is 4.84. The second-order valence-electron chi connectivity index (χ2n) is 4.65. The molecule has 22 heavy (non-hydrogen) atoms. The normalized spacial score (nSPS) is 11.7. The average molecular weight is 321 g/mol. The maximum Gasteiger partial charge on any atom is 0.327 e. The van der Waals surface area contributed by atoms with Crippen molar-refractivity contribution in [1.29, 1.82) is 0 Å². The maximum atomic E-state index is 12.3. The van der Waals surface area contributed by atoms with E-state index in [4.69, 9.17) is 0 Å². The van der Waals surface area contributed by atoms with Crippen molar-refractivity contribution in [1.82, 2.24) is 20.2 Å². The van der Waals surface area contributed by atoms with Gasteiger partial charge < -0.3 is 0 Å². The highest BCUT2D eigenvalue weighted by molar-refractivity contribution is 7.92. The van der Waals surface area contributed by atoms with Crippen LogP contribution in [0.4, 0.5) is 5.82 Å². The van der Waals surface area contributed by atoms with Gasteiger partial charge in [-0.25, -0.2) is 13.2 Å². The molecule has 0 aliphatic heterocycles. The third kappa shape index (κ3) is 2.39. The van der Waals surface area contributed by atoms with Crippen molar-refractivity contribution in [2.24, 2.45) is 0 Å². The number of aromatic nitrogens is 4. The van der Waals surface area contributed by atoms with E-state index in [2.05, 4.69) is 19.9 Å². The molecule has 3 aromatic rings. The molecule has 0 atom stereocenters. The molecule has 0 fully saturated rings. The first kappa shape index (κ1) is 14.1. The lowest BCUT2D eigenvalue weighted by molar-refractivity contribution is 0.601. The first-order chi connectivity index (χ1) is 10.4. The number of anilines is 1. The van der Waals surface area contributed by atoms with E-state index >= 15 is 0 Å². The first-order valence-corrected chi connectivity index (χ1v) is 7.65. The lowest BCUT2D eigenvalue weighted by Gasteiger charge is -2.05. The molecule has 0 saturated heterocycles. The molecule has 0 aliphatic carbocycles. The van der Waals surface area contributed by atoms with Crippen LogP contribution in [0.5, 0.6) is 0 Å². The Morgan fingerprint density at radius 3 is 2.45 bits per heavy atom. The van der Waals surface area contributed by atoms with E-state index < -0.39 is 21.3 Å². The number of rotatable bonds is 3. The summed E-state index contributed by atoms with van der Waals surface area (Å²) in [6.07, 6.45) is 0. The lowest BCUT2D eigenvalue weighted by atomic mass is 10.2. The Morgan fingerprint density at radius 1 is 1.09 bits per heavy atom. The highest BCUT2D eigenvalue weighted by atomic mass is 32.2. The van der Waals surface area contributed by atoms with Gasteiger partial charge >= 0.3 is 5.69 Å². The van der Waals surface area contributed by atoms with Gasteiger partial charge in [0, 0.05) is 0 Å². The van der Waals surface area contributed by atoms with Crippen LogP contribution < -0.4 is 16.0 Å². The van der Waals surface area contributed by atoms with Crippen LogP contribution in [-0.4, -0.2) is 28.6 Å². The molecule has 10 heteroatoms. The minimum Gasteiger partial charge on any atom is -0.292 e. The van der Waals surface area contributed by atoms with Gasteiger partial charge in [-0.3, -0.25) is 24.6 Å². The predicted octanol–water partition coefficient (Wildman–Crippen LogP) is 0.0487. The summed E-state index contributed by atoms with van der Waals surface area (Å²) in [6, 6.07) is 6.19. The van der Waals surface area contributed by atoms with E-state index in [0.29, 0.717) is 0 Å². The quantitative estimate of drug-likeness (QED) is 0.539. The number of benzene rings is 1. The van der Waals surface area contributed by atoms with E-state index in [1.54, 1.807) is 12.1 Å². The van der Waals surface area contributed by atoms with Crippen LogP contribution in [0.3, 0.4) is 0 Å². The maximum absolute atomic E-state index is 12.3. The van der Waals surface area contributed by atoms with E-state index in [1.807, 2.05) is 11.9 Å². The molecule has 0 unspecified atom stereocenters. The Morgan fingerprint density at radius 2 is 1.77 bits per heavy atom. The molecule has 0 aliphatic rings. The van der Waals surface area contributed by atoms with Gasteiger partial charge in [-0.05, 0) is 19.1 Å². The Hall–Kier alpha value is -2.88. The number of hydrogen-bond acceptors (Lipinski definition) is 5. The van der Waals surface area contributed by atoms with Crippen molar-refractivity contribution in [3.63, 3.8) is 0 Å². The molecule has 2 aromatic heterocycles. The number of aromatic amines is 3. The molecule has 2 heterocycles. The molecule has 0 radical (unpaired) electrons. The first-order valence-electron chi connectivity index (χ1n) is 6.17. The summed E-state index contributed by atoms with van der Waals surface area (Å²) in [5.41, 5.74) is -0.503. The van der Waals surface area contributed by atoms with Crippen LogP contribution >= 0.6 is 0 Å². The fraction of sp³-hybridized carbons (Fsp3) is 0.0833. The van der Waals surface area contributed by atoms with Crippen LogP contribution in [0.25, 0.3) is 11.0 Å². The smallest absolute Gasteiger partial charge is 0.292 e. The van der Waals surface area contributed by atoms with Gasteiger partial charge in [0.1, 0.15) is 11.0 Å². The fourth-order valence-electron chi connectivity index (χ4n) is 1.94. The fourth-order valence-corrected chi connectivity index (χ4v) is 2.96. The van der Waals surface area contributed by atoms with Crippen molar-refractivity contribution < 1.29 is 8.42 Å². The van der Waals surface area contributed by atoms with Crippen molar-refractivity contribution >= 4 is 26.9 Å². The molecule has 0 saturated carbocycles. The third-order valence-electron chi connectivity index (χ3n) is 3.02. The monoisotopic (exact) mass is 321 g/mol. The molecular formula is C12H11N5O4S. The molecule has 3 rings (SSSR count). The zero-order valence-corrected chi connectivity index (χ0v) is 12.1. The van der Waals surface area contributed by atoms with Crippen molar-refractivity contribution in [2.75, 3.05) is 4.72 Å². The standard InChI is InChI=1S/C12H11N5O4S/c1-6-2-4-7(5-3-6)22(20,21)17-10-8-9(15-16-10)13-12(19)14-11(8)18/h2-5H,1H3,(H4,13,14,15,16,17,18,19). The van der Waals surface area contributed by atoms with Crippen molar-refractivity contribution in [3.05, 3.63) is 50.7 Å². The summed E-state index contributed by atoms with van der Waals surface area (Å²) in [5.74, 6) is -0.187. The third-order valence-corrected chi connectivity index (χ3v) is 4.38. The Labute approximate surface area is 123 Å². The van der Waals surface area contributed by atoms with Gasteiger partial charge in [0.05, 0.1) is 4.90 Å². The molecule has 114 valence electrons. The summed E-state index contributed by atoms with van der Waals surface area (Å²) < 4.78 is 26.8. The van der Waals surface area contributed by atoms with E-state index in [9.17, 15) is 18.0 Å². The van der Waals surface area contributed by atoms with E-state index in [-0.39, 0.29) is 21.7 Å². The summed E-state index contributed by atoms with van der Waals surface area (Å²) >= 11 is 0. The molecule has 4 N–H and O–H groups in total. The zero-order valence-electron chi connectivity index (χ0n) is 11.3. The van der Waals surface area contributed by atoms with Gasteiger partial charge in [-0.1, -0.05) is 17.7 Å². The van der Waals surface area contributed by atoms with Crippen LogP contribution in [0.15, 0.2) is 38.8 Å². The lowest BCUT2D eigenvalue weighted by Crippen LogP contribution is -2.22. The topological polar surface area (TPSA) is 141 Å². The van der Waals surface area contributed by atoms with Crippen LogP contribution in [0.1, 0.15) is 5.56 Å². The Balaban J connectivity index is 2.08. The number of nitrogens with one attached hydrogen (secondary N) is 4. The Bertz CT molecular complexity index is 1060. The minimum absolute atomic E-state index is 0.0371. The van der Waals surface area contributed by atoms with E-state index in [0.717, 1.165) is 5.56 Å². The van der Waals surface area contributed by atoms with Crippen LogP contribution in [0, 0.1) is 6.92 Å². The number of sulfonamides is 1. The SMILES string of the molecule is Cc1ccc(S(=O)(=O)Nc2n[nH]c3[nH]c(=O)[nH]c(=O)c23)cc1. The summed E-state index contributed by atoms with van der Waals surface area (Å²) in [4.78, 5) is 27.3. The molecule has 1 aromatic carbocycles. The number of hydrogen-bond donors (Lipinski definition) is 4. The van der Waals surface area contributed by atoms with E-state index in [1.165, 1.54) is 12.1 Å². The number of fused-ring (bicyclic) bond motifs is 1. The summed E-state index contributed by atoms with van der Waals surface area (Å²) in [5, 5.41) is 6.05. The molecule has 0 amide bonds. The Kier molecular flexibility index (Phi) is 3.10. The van der Waals surface area contributed by atoms with Gasteiger partial charge in [-0.15, -0.1) is 0 Å². The van der Waals surface area contributed by atoms with Gasteiger partial charge in [0.2, 0.25) is 0 Å². The highest BCUT2D eigenvalue weighted by Gasteiger charge is 2.19. The number of aryl methyl sites for hydroxylation is 1. The summed E-state index contributed by atoms with van der Waals surface area (Å²) in [7, 11) is -3.90. The second-order valence-corrected chi connectivity index (χ2v) is 6.33. The van der Waals surface area contributed by atoms with Crippen molar-refractivity contribution in [3.8, 4) is 0 Å². The molecule has 0 bridgehead atoms. The molecular weight excluding hydrogens is 310 g/mol.